The number of rotatable bonds is 3. The SMILES string of the molecule is C1CCNC1.Cc1ccc(C=O)c(F)c1.Cc1ccc(C=O)c(N2CCCC2)c1. The van der Waals surface area contributed by atoms with Gasteiger partial charge in [-0.3, -0.25) is 9.59 Å². The summed E-state index contributed by atoms with van der Waals surface area (Å²) in [5, 5.41) is 3.22. The molecule has 4 rings (SSSR count). The van der Waals surface area contributed by atoms with Gasteiger partial charge in [0, 0.05) is 24.3 Å². The lowest BCUT2D eigenvalue weighted by atomic mass is 10.1. The van der Waals surface area contributed by atoms with Gasteiger partial charge in [-0.15, -0.1) is 0 Å². The molecule has 1 N–H and O–H groups in total. The van der Waals surface area contributed by atoms with Crippen molar-refractivity contribution in [2.75, 3.05) is 31.1 Å². The second kappa shape index (κ2) is 12.1. The molecule has 29 heavy (non-hydrogen) atoms. The summed E-state index contributed by atoms with van der Waals surface area (Å²) in [4.78, 5) is 23.3. The maximum atomic E-state index is 12.6. The lowest BCUT2D eigenvalue weighted by molar-refractivity contribution is 0.111. The highest BCUT2D eigenvalue weighted by Gasteiger charge is 2.15. The number of nitrogens with zero attached hydrogens (tertiary/aromatic N) is 1. The third kappa shape index (κ3) is 7.42. The Morgan fingerprint density at radius 2 is 1.38 bits per heavy atom. The average molecular weight is 399 g/mol. The van der Waals surface area contributed by atoms with Crippen LogP contribution in [0.15, 0.2) is 36.4 Å². The van der Waals surface area contributed by atoms with Crippen LogP contribution >= 0.6 is 0 Å². The third-order valence-corrected chi connectivity index (χ3v) is 5.00. The molecule has 2 aromatic rings. The number of nitrogens with one attached hydrogen (secondary N) is 1. The smallest absolute Gasteiger partial charge is 0.152 e. The Bertz CT molecular complexity index is 790. The van der Waals surface area contributed by atoms with E-state index in [-0.39, 0.29) is 5.56 Å². The molecule has 0 spiro atoms. The molecule has 2 saturated heterocycles. The number of hydrogen-bond donors (Lipinski definition) is 1. The van der Waals surface area contributed by atoms with Crippen LogP contribution in [0.1, 0.15) is 57.5 Å². The van der Waals surface area contributed by atoms with E-state index in [1.807, 2.05) is 12.1 Å². The van der Waals surface area contributed by atoms with Gasteiger partial charge in [-0.1, -0.05) is 12.1 Å². The molecular formula is C24H31FN2O2. The minimum absolute atomic E-state index is 0.116. The van der Waals surface area contributed by atoms with E-state index in [9.17, 15) is 14.0 Å². The van der Waals surface area contributed by atoms with Gasteiger partial charge in [0.05, 0.1) is 5.56 Å². The Morgan fingerprint density at radius 3 is 1.86 bits per heavy atom. The molecular weight excluding hydrogens is 367 g/mol. The minimum Gasteiger partial charge on any atom is -0.371 e. The largest absolute Gasteiger partial charge is 0.371 e. The van der Waals surface area contributed by atoms with Gasteiger partial charge >= 0.3 is 0 Å². The molecule has 2 aromatic carbocycles. The van der Waals surface area contributed by atoms with Crippen molar-refractivity contribution in [3.63, 3.8) is 0 Å². The Morgan fingerprint density at radius 1 is 0.828 bits per heavy atom. The van der Waals surface area contributed by atoms with Gasteiger partial charge in [0.2, 0.25) is 0 Å². The monoisotopic (exact) mass is 398 g/mol. The molecule has 0 aromatic heterocycles. The highest BCUT2D eigenvalue weighted by molar-refractivity contribution is 5.85. The summed E-state index contributed by atoms with van der Waals surface area (Å²) >= 11 is 0. The van der Waals surface area contributed by atoms with Crippen molar-refractivity contribution in [2.24, 2.45) is 0 Å². The fourth-order valence-electron chi connectivity index (χ4n) is 3.34. The molecule has 0 atom stereocenters. The Labute approximate surface area is 173 Å². The molecule has 156 valence electrons. The molecule has 2 fully saturated rings. The number of anilines is 1. The van der Waals surface area contributed by atoms with Gasteiger partial charge in [-0.2, -0.15) is 0 Å². The molecule has 2 aliphatic heterocycles. The predicted molar refractivity (Wildman–Crippen MR) is 117 cm³/mol. The first kappa shape index (κ1) is 22.8. The lowest BCUT2D eigenvalue weighted by Gasteiger charge is -2.19. The molecule has 4 nitrogen and oxygen atoms in total. The number of aldehydes is 2. The van der Waals surface area contributed by atoms with Crippen molar-refractivity contribution in [3.8, 4) is 0 Å². The van der Waals surface area contributed by atoms with Crippen LogP contribution in [-0.2, 0) is 0 Å². The number of hydrogen-bond acceptors (Lipinski definition) is 4. The van der Waals surface area contributed by atoms with Crippen molar-refractivity contribution in [1.29, 1.82) is 0 Å². The van der Waals surface area contributed by atoms with Crippen molar-refractivity contribution in [1.82, 2.24) is 5.32 Å². The highest BCUT2D eigenvalue weighted by atomic mass is 19.1. The summed E-state index contributed by atoms with van der Waals surface area (Å²) < 4.78 is 12.6. The van der Waals surface area contributed by atoms with E-state index in [2.05, 4.69) is 23.2 Å². The van der Waals surface area contributed by atoms with E-state index in [1.54, 1.807) is 13.0 Å². The molecule has 0 radical (unpaired) electrons. The Hall–Kier alpha value is -2.53. The van der Waals surface area contributed by atoms with Crippen LogP contribution in [0, 0.1) is 19.7 Å². The number of benzene rings is 2. The standard InChI is InChI=1S/C12H15NO.C8H7FO.C4H9N/c1-10-4-5-11(9-14)12(8-10)13-6-2-3-7-13;1-6-2-3-7(5-10)8(9)4-6;1-2-4-5-3-1/h4-5,8-9H,2-3,6-7H2,1H3;2-5H,1H3;5H,1-4H2. The molecule has 2 heterocycles. The summed E-state index contributed by atoms with van der Waals surface area (Å²) in [5.41, 5.74) is 4.08. The molecule has 0 aliphatic carbocycles. The summed E-state index contributed by atoms with van der Waals surface area (Å²) in [6, 6.07) is 10.5. The van der Waals surface area contributed by atoms with Crippen LogP contribution in [0.25, 0.3) is 0 Å². The van der Waals surface area contributed by atoms with Gasteiger partial charge in [0.25, 0.3) is 0 Å². The second-order valence-electron chi connectivity index (χ2n) is 7.47. The quantitative estimate of drug-likeness (QED) is 0.760. The van der Waals surface area contributed by atoms with Crippen molar-refractivity contribution < 1.29 is 14.0 Å². The fourth-order valence-corrected chi connectivity index (χ4v) is 3.34. The molecule has 5 heteroatoms. The summed E-state index contributed by atoms with van der Waals surface area (Å²) in [7, 11) is 0. The van der Waals surface area contributed by atoms with Crippen molar-refractivity contribution >= 4 is 18.3 Å². The van der Waals surface area contributed by atoms with Crippen LogP contribution < -0.4 is 10.2 Å². The van der Waals surface area contributed by atoms with Crippen LogP contribution in [0.3, 0.4) is 0 Å². The van der Waals surface area contributed by atoms with Crippen LogP contribution in [0.4, 0.5) is 10.1 Å². The van der Waals surface area contributed by atoms with Gasteiger partial charge < -0.3 is 10.2 Å². The topological polar surface area (TPSA) is 49.4 Å². The number of carbonyl (C=O) groups is 2. The van der Waals surface area contributed by atoms with E-state index in [4.69, 9.17) is 0 Å². The zero-order chi connectivity index (χ0) is 21.1. The summed E-state index contributed by atoms with van der Waals surface area (Å²) in [5.74, 6) is -0.449. The van der Waals surface area contributed by atoms with Gasteiger partial charge in [-0.05, 0) is 88.0 Å². The van der Waals surface area contributed by atoms with E-state index in [1.165, 1.54) is 56.5 Å². The van der Waals surface area contributed by atoms with Gasteiger partial charge in [0.15, 0.2) is 12.6 Å². The number of carbonyl (C=O) groups excluding carboxylic acids is 2. The maximum absolute atomic E-state index is 12.6. The predicted octanol–water partition coefficient (Wildman–Crippen LogP) is 4.72. The second-order valence-corrected chi connectivity index (χ2v) is 7.47. The third-order valence-electron chi connectivity index (χ3n) is 5.00. The molecule has 0 unspecified atom stereocenters. The zero-order valence-electron chi connectivity index (χ0n) is 17.4. The number of aryl methyl sites for hydroxylation is 2. The molecule has 0 saturated carbocycles. The van der Waals surface area contributed by atoms with Crippen LogP contribution in [0.5, 0.6) is 0 Å². The maximum Gasteiger partial charge on any atom is 0.152 e. The highest BCUT2D eigenvalue weighted by Crippen LogP contribution is 2.24. The summed E-state index contributed by atoms with van der Waals surface area (Å²) in [6.07, 6.45) is 6.72. The summed E-state index contributed by atoms with van der Waals surface area (Å²) in [6.45, 7) is 8.51. The van der Waals surface area contributed by atoms with Crippen LogP contribution in [0.2, 0.25) is 0 Å². The van der Waals surface area contributed by atoms with E-state index < -0.39 is 5.82 Å². The Kier molecular flexibility index (Phi) is 9.51. The first-order valence-corrected chi connectivity index (χ1v) is 10.3. The molecule has 2 aliphatic rings. The fraction of sp³-hybridized carbons (Fsp3) is 0.417. The first-order valence-electron chi connectivity index (χ1n) is 10.3. The normalized spacial score (nSPS) is 15.1. The van der Waals surface area contributed by atoms with Crippen molar-refractivity contribution in [2.45, 2.75) is 39.5 Å². The van der Waals surface area contributed by atoms with Crippen molar-refractivity contribution in [3.05, 3.63) is 64.5 Å². The lowest BCUT2D eigenvalue weighted by Crippen LogP contribution is -2.19. The number of halogens is 1. The average Bonchev–Trinajstić information content (AvgIpc) is 3.45. The zero-order valence-corrected chi connectivity index (χ0v) is 17.4. The van der Waals surface area contributed by atoms with Gasteiger partial charge in [0.1, 0.15) is 5.82 Å². The Balaban J connectivity index is 0.000000173. The first-order chi connectivity index (χ1) is 14.0. The van der Waals surface area contributed by atoms with Crippen LogP contribution in [-0.4, -0.2) is 38.8 Å². The molecule has 0 bridgehead atoms. The van der Waals surface area contributed by atoms with E-state index in [0.29, 0.717) is 6.29 Å². The van der Waals surface area contributed by atoms with E-state index >= 15 is 0 Å². The van der Waals surface area contributed by atoms with E-state index in [0.717, 1.165) is 36.2 Å². The molecule has 0 amide bonds. The minimum atomic E-state index is -0.449. The van der Waals surface area contributed by atoms with Gasteiger partial charge in [-0.25, -0.2) is 4.39 Å².